The third-order valence-corrected chi connectivity index (χ3v) is 8.27. The minimum absolute atomic E-state index is 0.0276. The fourth-order valence-electron chi connectivity index (χ4n) is 4.86. The molecule has 0 bridgehead atoms. The lowest BCUT2D eigenvalue weighted by Crippen LogP contribution is -2.31. The predicted octanol–water partition coefficient (Wildman–Crippen LogP) is 7.06. The second-order valence-corrected chi connectivity index (χ2v) is 11.1. The van der Waals surface area contributed by atoms with Gasteiger partial charge in [0.15, 0.2) is 0 Å². The van der Waals surface area contributed by atoms with E-state index in [9.17, 15) is 14.7 Å². The van der Waals surface area contributed by atoms with Gasteiger partial charge in [0.25, 0.3) is 5.91 Å². The van der Waals surface area contributed by atoms with E-state index in [1.54, 1.807) is 12.1 Å². The molecule has 1 aliphatic rings. The van der Waals surface area contributed by atoms with Crippen LogP contribution in [0.5, 0.6) is 5.75 Å². The fraction of sp³-hybridized carbons (Fsp3) is 0.194. The molecule has 5 aromatic rings. The number of benzene rings is 3. The van der Waals surface area contributed by atoms with Crippen molar-refractivity contribution < 1.29 is 14.7 Å². The van der Waals surface area contributed by atoms with Crippen molar-refractivity contribution >= 4 is 39.0 Å². The van der Waals surface area contributed by atoms with Gasteiger partial charge in [-0.3, -0.25) is 4.79 Å². The molecule has 2 amide bonds. The Balaban J connectivity index is 1.26. The van der Waals surface area contributed by atoms with Gasteiger partial charge in [-0.15, -0.1) is 11.3 Å². The molecule has 2 heterocycles. The van der Waals surface area contributed by atoms with E-state index >= 15 is 0 Å². The first-order valence-electron chi connectivity index (χ1n) is 13.0. The summed E-state index contributed by atoms with van der Waals surface area (Å²) in [4.78, 5) is 26.8. The summed E-state index contributed by atoms with van der Waals surface area (Å²) in [6.45, 7) is 2.41. The number of anilines is 1. The van der Waals surface area contributed by atoms with Crippen molar-refractivity contribution in [3.8, 4) is 17.0 Å². The standard InChI is InChI=1S/C31H28N4O3S/c1-19-6-4-7-20(14-19)18-32-31(38)35-26(21-9-5-10-21)17-25(34-35)24-16-23(12-13-27(24)36)33-30(37)29-15-22-8-2-3-11-28(22)39-29/h2-4,6-8,11-17,21,36H,5,9-10,18H2,1H3,(H,32,38)(H,33,37). The average molecular weight is 537 g/mol. The van der Waals surface area contributed by atoms with E-state index in [4.69, 9.17) is 0 Å². The van der Waals surface area contributed by atoms with Crippen LogP contribution in [-0.4, -0.2) is 26.8 Å². The number of aryl methyl sites for hydroxylation is 1. The van der Waals surface area contributed by atoms with Gasteiger partial charge in [0.05, 0.1) is 16.3 Å². The number of hydrogen-bond acceptors (Lipinski definition) is 5. The SMILES string of the molecule is Cc1cccc(CNC(=O)n2nc(-c3cc(NC(=O)c4cc5ccccc5s4)ccc3O)cc2C2CCC2)c1. The first-order chi connectivity index (χ1) is 18.9. The van der Waals surface area contributed by atoms with Crippen LogP contribution in [0.15, 0.2) is 78.9 Å². The first kappa shape index (κ1) is 24.9. The number of amides is 2. The Morgan fingerprint density at radius 2 is 1.87 bits per heavy atom. The number of aromatic hydroxyl groups is 1. The largest absolute Gasteiger partial charge is 0.507 e. The number of aromatic nitrogens is 2. The van der Waals surface area contributed by atoms with Crippen molar-refractivity contribution in [2.24, 2.45) is 0 Å². The molecule has 6 rings (SSSR count). The van der Waals surface area contributed by atoms with E-state index in [-0.39, 0.29) is 23.6 Å². The maximum atomic E-state index is 13.2. The maximum Gasteiger partial charge on any atom is 0.342 e. The van der Waals surface area contributed by atoms with Gasteiger partial charge in [0, 0.05) is 28.4 Å². The Morgan fingerprint density at radius 3 is 2.64 bits per heavy atom. The zero-order valence-corrected chi connectivity index (χ0v) is 22.3. The van der Waals surface area contributed by atoms with Gasteiger partial charge in [0.1, 0.15) is 5.75 Å². The third kappa shape index (κ3) is 5.15. The van der Waals surface area contributed by atoms with E-state index in [2.05, 4.69) is 15.7 Å². The van der Waals surface area contributed by atoms with E-state index in [0.717, 1.165) is 46.2 Å². The Hall–Kier alpha value is -4.43. The molecule has 0 aliphatic heterocycles. The van der Waals surface area contributed by atoms with Crippen molar-refractivity contribution in [2.45, 2.75) is 38.6 Å². The molecular weight excluding hydrogens is 508 g/mol. The van der Waals surface area contributed by atoms with Crippen molar-refractivity contribution in [1.82, 2.24) is 15.1 Å². The van der Waals surface area contributed by atoms with Crippen LogP contribution in [0.1, 0.15) is 51.7 Å². The molecule has 1 aliphatic carbocycles. The highest BCUT2D eigenvalue weighted by molar-refractivity contribution is 7.20. The van der Waals surface area contributed by atoms with Crippen LogP contribution in [0.4, 0.5) is 10.5 Å². The van der Waals surface area contributed by atoms with Gasteiger partial charge < -0.3 is 15.7 Å². The minimum Gasteiger partial charge on any atom is -0.507 e. The molecule has 0 unspecified atom stereocenters. The van der Waals surface area contributed by atoms with E-state index in [0.29, 0.717) is 28.4 Å². The second kappa shape index (κ2) is 10.4. The number of nitrogens with zero attached hydrogens (tertiary/aromatic N) is 2. The number of phenolic OH excluding ortho intramolecular Hbond substituents is 1. The molecule has 3 N–H and O–H groups in total. The summed E-state index contributed by atoms with van der Waals surface area (Å²) in [6.07, 6.45) is 3.10. The molecule has 7 nitrogen and oxygen atoms in total. The van der Waals surface area contributed by atoms with Gasteiger partial charge in [0.2, 0.25) is 0 Å². The number of hydrogen-bond donors (Lipinski definition) is 3. The highest BCUT2D eigenvalue weighted by Gasteiger charge is 2.27. The van der Waals surface area contributed by atoms with Crippen molar-refractivity contribution in [3.05, 3.63) is 101 Å². The molecule has 2 aromatic heterocycles. The molecule has 8 heteroatoms. The number of nitrogens with one attached hydrogen (secondary N) is 2. The number of phenols is 1. The summed E-state index contributed by atoms with van der Waals surface area (Å²) in [7, 11) is 0. The van der Waals surface area contributed by atoms with Crippen LogP contribution >= 0.6 is 11.3 Å². The molecule has 39 heavy (non-hydrogen) atoms. The summed E-state index contributed by atoms with van der Waals surface area (Å²) in [5.41, 5.74) is 4.45. The Kier molecular flexibility index (Phi) is 6.62. The number of rotatable bonds is 6. The molecule has 3 aromatic carbocycles. The molecule has 196 valence electrons. The van der Waals surface area contributed by atoms with E-state index < -0.39 is 0 Å². The lowest BCUT2D eigenvalue weighted by molar-refractivity contribution is 0.103. The van der Waals surface area contributed by atoms with Crippen LogP contribution in [0.25, 0.3) is 21.3 Å². The zero-order valence-electron chi connectivity index (χ0n) is 21.5. The highest BCUT2D eigenvalue weighted by atomic mass is 32.1. The monoisotopic (exact) mass is 536 g/mol. The quantitative estimate of drug-likeness (QED) is 0.203. The summed E-state index contributed by atoms with van der Waals surface area (Å²) in [6, 6.07) is 24.2. The smallest absolute Gasteiger partial charge is 0.342 e. The van der Waals surface area contributed by atoms with Crippen molar-refractivity contribution in [3.63, 3.8) is 0 Å². The number of fused-ring (bicyclic) bond motifs is 1. The molecule has 0 spiro atoms. The van der Waals surface area contributed by atoms with Crippen molar-refractivity contribution in [1.29, 1.82) is 0 Å². The summed E-state index contributed by atoms with van der Waals surface area (Å²) in [5, 5.41) is 22.2. The Bertz CT molecular complexity index is 1670. The molecule has 0 atom stereocenters. The summed E-state index contributed by atoms with van der Waals surface area (Å²) < 4.78 is 2.47. The summed E-state index contributed by atoms with van der Waals surface area (Å²) in [5.74, 6) is 0.0536. The molecule has 0 radical (unpaired) electrons. The van der Waals surface area contributed by atoms with Crippen LogP contribution in [0.2, 0.25) is 0 Å². The number of thiophene rings is 1. The topological polar surface area (TPSA) is 96.3 Å². The molecule has 0 saturated heterocycles. The van der Waals surface area contributed by atoms with Gasteiger partial charge in [-0.2, -0.15) is 9.78 Å². The Morgan fingerprint density at radius 1 is 1.03 bits per heavy atom. The maximum absolute atomic E-state index is 13.2. The summed E-state index contributed by atoms with van der Waals surface area (Å²) >= 11 is 1.43. The predicted molar refractivity (Wildman–Crippen MR) is 155 cm³/mol. The van der Waals surface area contributed by atoms with Crippen LogP contribution < -0.4 is 10.6 Å². The number of carbonyl (C=O) groups excluding carboxylic acids is 2. The van der Waals surface area contributed by atoms with Crippen molar-refractivity contribution in [2.75, 3.05) is 5.32 Å². The molecule has 1 fully saturated rings. The fourth-order valence-corrected chi connectivity index (χ4v) is 5.82. The number of carbonyl (C=O) groups is 2. The van der Waals surface area contributed by atoms with Gasteiger partial charge in [-0.05, 0) is 67.1 Å². The molecular formula is C31H28N4O3S. The van der Waals surface area contributed by atoms with E-state index in [1.165, 1.54) is 22.1 Å². The third-order valence-electron chi connectivity index (χ3n) is 7.16. The van der Waals surface area contributed by atoms with Gasteiger partial charge in [-0.25, -0.2) is 4.79 Å². The first-order valence-corrected chi connectivity index (χ1v) is 13.8. The Labute approximate surface area is 230 Å². The average Bonchev–Trinajstić information content (AvgIpc) is 3.52. The highest BCUT2D eigenvalue weighted by Crippen LogP contribution is 2.39. The lowest BCUT2D eigenvalue weighted by atomic mass is 9.82. The zero-order chi connectivity index (χ0) is 26.9. The normalized spacial score (nSPS) is 13.3. The minimum atomic E-state index is -0.307. The van der Waals surface area contributed by atoms with Crippen LogP contribution in [0, 0.1) is 6.92 Å². The van der Waals surface area contributed by atoms with Crippen LogP contribution in [-0.2, 0) is 6.54 Å². The second-order valence-electron chi connectivity index (χ2n) is 9.98. The van der Waals surface area contributed by atoms with E-state index in [1.807, 2.05) is 67.6 Å². The van der Waals surface area contributed by atoms with Gasteiger partial charge in [-0.1, -0.05) is 54.4 Å². The van der Waals surface area contributed by atoms with Crippen LogP contribution in [0.3, 0.4) is 0 Å². The molecule has 1 saturated carbocycles. The lowest BCUT2D eigenvalue weighted by Gasteiger charge is -2.25. The van der Waals surface area contributed by atoms with Gasteiger partial charge >= 0.3 is 6.03 Å².